The second kappa shape index (κ2) is 7.82. The van der Waals surface area contributed by atoms with E-state index < -0.39 is 11.9 Å². The molecule has 1 heterocycles. The van der Waals surface area contributed by atoms with E-state index in [4.69, 9.17) is 0 Å². The summed E-state index contributed by atoms with van der Waals surface area (Å²) in [5.41, 5.74) is 2.79. The predicted octanol–water partition coefficient (Wildman–Crippen LogP) is 2.46. The lowest BCUT2D eigenvalue weighted by Gasteiger charge is -2.12. The van der Waals surface area contributed by atoms with E-state index >= 15 is 0 Å². The van der Waals surface area contributed by atoms with Crippen LogP contribution < -0.4 is 10.4 Å². The Morgan fingerprint density at radius 3 is 2.37 bits per heavy atom. The fraction of sp³-hybridized carbons (Fsp3) is 0.150. The number of nitrogens with one attached hydrogen (secondary N) is 1. The van der Waals surface area contributed by atoms with E-state index in [-0.39, 0.29) is 18.7 Å². The fourth-order valence-corrected chi connectivity index (χ4v) is 2.77. The summed E-state index contributed by atoms with van der Waals surface area (Å²) in [5.74, 6) is -1.75. The second-order valence-corrected chi connectivity index (χ2v) is 5.98. The number of hydrogen-bond donors (Lipinski definition) is 1. The van der Waals surface area contributed by atoms with Gasteiger partial charge in [0.15, 0.2) is 0 Å². The Kier molecular flexibility index (Phi) is 5.30. The molecule has 0 unspecified atom stereocenters. The average molecular weight is 366 g/mol. The number of carboxylic acid groups (broad SMARTS) is 1. The Balaban J connectivity index is 2.07. The number of aromatic nitrogens is 2. The van der Waals surface area contributed by atoms with Gasteiger partial charge in [-0.15, -0.1) is 0 Å². The molecular weight excluding hydrogens is 349 g/mol. The van der Waals surface area contributed by atoms with Gasteiger partial charge < -0.3 is 15.2 Å². The molecule has 3 rings (SSSR count). The zero-order chi connectivity index (χ0) is 19.4. The number of carboxylic acids is 1. The topological polar surface area (TPSA) is 87.0 Å². The Labute approximate surface area is 155 Å². The third-order valence-corrected chi connectivity index (χ3v) is 4.01. The lowest BCUT2D eigenvalue weighted by molar-refractivity contribution is -0.305. The number of carbonyl (C=O) groups is 2. The van der Waals surface area contributed by atoms with Crippen molar-refractivity contribution in [3.8, 4) is 16.8 Å². The molecule has 0 bridgehead atoms. The summed E-state index contributed by atoms with van der Waals surface area (Å²) in [6.45, 7) is 1.80. The quantitative estimate of drug-likeness (QED) is 0.726. The number of carbonyl (C=O) groups excluding carboxylic acids is 2. The van der Waals surface area contributed by atoms with E-state index in [2.05, 4.69) is 10.4 Å². The van der Waals surface area contributed by atoms with Crippen LogP contribution in [0.5, 0.6) is 0 Å². The van der Waals surface area contributed by atoms with Gasteiger partial charge in [0.1, 0.15) is 11.6 Å². The minimum absolute atomic E-state index is 0.218. The zero-order valence-corrected chi connectivity index (χ0v) is 14.6. The largest absolute Gasteiger partial charge is 0.550 e. The van der Waals surface area contributed by atoms with Crippen LogP contribution in [0.1, 0.15) is 18.5 Å². The van der Waals surface area contributed by atoms with Crippen molar-refractivity contribution < 1.29 is 19.1 Å². The van der Waals surface area contributed by atoms with Crippen molar-refractivity contribution in [1.82, 2.24) is 9.78 Å². The number of hydrogen-bond acceptors (Lipinski definition) is 4. The molecule has 1 aromatic heterocycles. The highest BCUT2D eigenvalue weighted by atomic mass is 19.1. The first-order valence-corrected chi connectivity index (χ1v) is 8.36. The maximum Gasteiger partial charge on any atom is 0.225 e. The molecule has 6 nitrogen and oxygen atoms in total. The summed E-state index contributed by atoms with van der Waals surface area (Å²) in [6.07, 6.45) is -0.597. The lowest BCUT2D eigenvalue weighted by atomic mass is 10.1. The van der Waals surface area contributed by atoms with Crippen molar-refractivity contribution >= 4 is 17.7 Å². The molecule has 7 heteroatoms. The molecule has 1 amide bonds. The molecule has 138 valence electrons. The van der Waals surface area contributed by atoms with Crippen molar-refractivity contribution in [3.63, 3.8) is 0 Å². The van der Waals surface area contributed by atoms with Crippen LogP contribution in [0.25, 0.3) is 16.8 Å². The summed E-state index contributed by atoms with van der Waals surface area (Å²) in [7, 11) is 0. The molecule has 0 fully saturated rings. The highest BCUT2D eigenvalue weighted by Crippen LogP contribution is 2.33. The van der Waals surface area contributed by atoms with Gasteiger partial charge in [-0.2, -0.15) is 5.10 Å². The van der Waals surface area contributed by atoms with Crippen molar-refractivity contribution in [1.29, 1.82) is 0 Å². The van der Waals surface area contributed by atoms with Gasteiger partial charge in [0, 0.05) is 18.0 Å². The van der Waals surface area contributed by atoms with Crippen LogP contribution in [-0.2, 0) is 9.59 Å². The molecule has 0 spiro atoms. The molecule has 0 aliphatic heterocycles. The van der Waals surface area contributed by atoms with E-state index in [1.54, 1.807) is 19.1 Å². The SMILES string of the molecule is Cc1nn(-c2ccc(F)cc2)c(NC(=O)CCC(=O)[O-])c1-c1ccccc1. The number of nitrogens with zero attached hydrogens (tertiary/aromatic N) is 2. The van der Waals surface area contributed by atoms with Crippen LogP contribution in [0, 0.1) is 12.7 Å². The third-order valence-electron chi connectivity index (χ3n) is 4.01. The van der Waals surface area contributed by atoms with Crippen LogP contribution in [0.4, 0.5) is 10.2 Å². The molecule has 2 aromatic carbocycles. The summed E-state index contributed by atoms with van der Waals surface area (Å²) >= 11 is 0. The predicted molar refractivity (Wildman–Crippen MR) is 96.6 cm³/mol. The Hall–Kier alpha value is -3.48. The first-order valence-electron chi connectivity index (χ1n) is 8.36. The number of aryl methyl sites for hydroxylation is 1. The van der Waals surface area contributed by atoms with Crippen LogP contribution in [0.2, 0.25) is 0 Å². The number of amides is 1. The first kappa shape index (κ1) is 18.3. The molecule has 1 N–H and O–H groups in total. The maximum absolute atomic E-state index is 13.3. The molecule has 0 aliphatic rings. The van der Waals surface area contributed by atoms with Crippen LogP contribution in [-0.4, -0.2) is 21.7 Å². The standard InChI is InChI=1S/C20H18FN3O3/c1-13-19(14-5-3-2-4-6-14)20(22-17(25)11-12-18(26)27)24(23-13)16-9-7-15(21)8-10-16/h2-10H,11-12H2,1H3,(H,22,25)(H,26,27)/p-1. The van der Waals surface area contributed by atoms with Gasteiger partial charge in [-0.05, 0) is 43.2 Å². The Bertz CT molecular complexity index is 966. The molecular formula is C20H17FN3O3-. The van der Waals surface area contributed by atoms with Gasteiger partial charge in [-0.3, -0.25) is 4.79 Å². The fourth-order valence-electron chi connectivity index (χ4n) is 2.77. The number of aliphatic carboxylic acids is 1. The average Bonchev–Trinajstić information content (AvgIpc) is 2.97. The zero-order valence-electron chi connectivity index (χ0n) is 14.6. The lowest BCUT2D eigenvalue weighted by Crippen LogP contribution is -2.24. The van der Waals surface area contributed by atoms with E-state index in [0.29, 0.717) is 22.8 Å². The first-order chi connectivity index (χ1) is 13.0. The van der Waals surface area contributed by atoms with E-state index in [0.717, 1.165) is 5.56 Å². The Morgan fingerprint density at radius 1 is 1.07 bits per heavy atom. The molecule has 27 heavy (non-hydrogen) atoms. The summed E-state index contributed by atoms with van der Waals surface area (Å²) in [4.78, 5) is 22.9. The van der Waals surface area contributed by atoms with Gasteiger partial charge in [-0.25, -0.2) is 9.07 Å². The van der Waals surface area contributed by atoms with Crippen LogP contribution in [0.15, 0.2) is 54.6 Å². The summed E-state index contributed by atoms with van der Waals surface area (Å²) in [6, 6.07) is 15.1. The van der Waals surface area contributed by atoms with Crippen LogP contribution in [0.3, 0.4) is 0 Å². The minimum Gasteiger partial charge on any atom is -0.550 e. The molecule has 3 aromatic rings. The third kappa shape index (κ3) is 4.20. The second-order valence-electron chi connectivity index (χ2n) is 5.98. The number of anilines is 1. The highest BCUT2D eigenvalue weighted by molar-refractivity contribution is 5.96. The molecule has 0 saturated heterocycles. The normalized spacial score (nSPS) is 10.6. The number of halogens is 1. The van der Waals surface area contributed by atoms with Gasteiger partial charge in [-0.1, -0.05) is 30.3 Å². The molecule has 0 atom stereocenters. The summed E-state index contributed by atoms with van der Waals surface area (Å²) in [5, 5.41) is 17.9. The van der Waals surface area contributed by atoms with Crippen molar-refractivity contribution in [2.45, 2.75) is 19.8 Å². The van der Waals surface area contributed by atoms with E-state index in [1.165, 1.54) is 16.8 Å². The monoisotopic (exact) mass is 366 g/mol. The number of rotatable bonds is 6. The van der Waals surface area contributed by atoms with Crippen molar-refractivity contribution in [3.05, 3.63) is 66.1 Å². The van der Waals surface area contributed by atoms with Crippen molar-refractivity contribution in [2.75, 3.05) is 5.32 Å². The number of benzene rings is 2. The van der Waals surface area contributed by atoms with E-state index in [9.17, 15) is 19.1 Å². The highest BCUT2D eigenvalue weighted by Gasteiger charge is 2.20. The van der Waals surface area contributed by atoms with Crippen LogP contribution >= 0.6 is 0 Å². The van der Waals surface area contributed by atoms with Gasteiger partial charge in [0.25, 0.3) is 0 Å². The minimum atomic E-state index is -1.29. The smallest absolute Gasteiger partial charge is 0.225 e. The van der Waals surface area contributed by atoms with E-state index in [1.807, 2.05) is 30.3 Å². The van der Waals surface area contributed by atoms with Gasteiger partial charge in [0.05, 0.1) is 11.4 Å². The van der Waals surface area contributed by atoms with Crippen molar-refractivity contribution in [2.24, 2.45) is 0 Å². The molecule has 0 saturated carbocycles. The Morgan fingerprint density at radius 2 is 1.74 bits per heavy atom. The molecule has 0 aliphatic carbocycles. The maximum atomic E-state index is 13.3. The van der Waals surface area contributed by atoms with Gasteiger partial charge >= 0.3 is 0 Å². The van der Waals surface area contributed by atoms with Gasteiger partial charge in [0.2, 0.25) is 5.91 Å². The summed E-state index contributed by atoms with van der Waals surface area (Å²) < 4.78 is 14.8. The molecule has 0 radical (unpaired) electrons.